The molecule has 1 aliphatic heterocycles. The summed E-state index contributed by atoms with van der Waals surface area (Å²) in [7, 11) is 0. The molecule has 7 rings (SSSR count). The molecule has 0 radical (unpaired) electrons. The smallest absolute Gasteiger partial charge is 0.260 e. The topological polar surface area (TPSA) is 38.8 Å². The number of aryl methyl sites for hydroxylation is 3. The highest BCUT2D eigenvalue weighted by atomic mass is 127. The van der Waals surface area contributed by atoms with Crippen molar-refractivity contribution in [3.05, 3.63) is 184 Å². The Morgan fingerprint density at radius 2 is 1.18 bits per heavy atom. The van der Waals surface area contributed by atoms with E-state index in [0.29, 0.717) is 5.56 Å². The maximum atomic E-state index is 14.4. The number of para-hydroxylation sites is 1. The van der Waals surface area contributed by atoms with Gasteiger partial charge in [0.2, 0.25) is 0 Å². The summed E-state index contributed by atoms with van der Waals surface area (Å²) in [4.78, 5) is 16.4. The number of ether oxygens (including phenoxy) is 2. The summed E-state index contributed by atoms with van der Waals surface area (Å²) in [6.45, 7) is 6.39. The van der Waals surface area contributed by atoms with Crippen LogP contribution in [-0.2, 0) is 16.4 Å². The van der Waals surface area contributed by atoms with Gasteiger partial charge in [-0.15, -0.1) is 0 Å². The summed E-state index contributed by atoms with van der Waals surface area (Å²) < 4.78 is 13.7. The zero-order valence-electron chi connectivity index (χ0n) is 28.0. The molecule has 4 nitrogen and oxygen atoms in total. The maximum Gasteiger partial charge on any atom is 0.260 e. The Kier molecular flexibility index (Phi) is 9.28. The highest BCUT2D eigenvalue weighted by Gasteiger charge is 2.52. The van der Waals surface area contributed by atoms with E-state index in [4.69, 9.17) is 9.47 Å². The van der Waals surface area contributed by atoms with Gasteiger partial charge >= 0.3 is 0 Å². The molecule has 1 aliphatic rings. The van der Waals surface area contributed by atoms with Gasteiger partial charge in [0.15, 0.2) is 0 Å². The lowest BCUT2D eigenvalue weighted by Crippen LogP contribution is -2.46. The van der Waals surface area contributed by atoms with Crippen molar-refractivity contribution in [2.45, 2.75) is 43.6 Å². The van der Waals surface area contributed by atoms with Gasteiger partial charge in [0.05, 0.1) is 0 Å². The molecule has 0 aromatic heterocycles. The predicted octanol–water partition coefficient (Wildman–Crippen LogP) is 11.7. The molecule has 0 bridgehead atoms. The SMILES string of the molecule is CCCc1cc(Oc2ccc(C3(c4ccc(Oc5ccc(C)c(C)c5)cc4)c4ccccc4C(=O)N3c3ccccc3)cc2)ccc1CI. The number of carbonyl (C=O) groups is 1. The minimum absolute atomic E-state index is 0.0450. The van der Waals surface area contributed by atoms with E-state index in [-0.39, 0.29) is 5.91 Å². The molecule has 0 saturated carbocycles. The molecule has 244 valence electrons. The number of anilines is 1. The zero-order valence-corrected chi connectivity index (χ0v) is 30.1. The number of halogens is 1. The van der Waals surface area contributed by atoms with Crippen LogP contribution in [0.4, 0.5) is 5.69 Å². The van der Waals surface area contributed by atoms with E-state index in [9.17, 15) is 4.79 Å². The number of carbonyl (C=O) groups excluding carboxylic acids is 1. The Balaban J connectivity index is 1.33. The number of hydrogen-bond donors (Lipinski definition) is 0. The van der Waals surface area contributed by atoms with Gasteiger partial charge in [-0.3, -0.25) is 9.69 Å². The van der Waals surface area contributed by atoms with Gasteiger partial charge in [-0.2, -0.15) is 0 Å². The van der Waals surface area contributed by atoms with E-state index in [1.165, 1.54) is 22.3 Å². The second kappa shape index (κ2) is 13.9. The standard InChI is InChI=1S/C44H38INO3/c1-4-10-32-28-40(22-16-33(32)29-45)49-38-25-19-35(20-26-38)44(34-17-23-37(24-18-34)48-39-21-15-30(2)31(3)27-39)42-14-9-8-13-41(42)43(47)46(44)36-11-6-5-7-12-36/h5-9,11-28H,4,10,29H2,1-3H3. The van der Waals surface area contributed by atoms with Crippen LogP contribution in [0.2, 0.25) is 0 Å². The number of amides is 1. The molecule has 5 heteroatoms. The lowest BCUT2D eigenvalue weighted by atomic mass is 9.76. The normalized spacial score (nSPS) is 15.3. The minimum atomic E-state index is -0.942. The average molecular weight is 756 g/mol. The Labute approximate surface area is 302 Å². The summed E-state index contributed by atoms with van der Waals surface area (Å²) in [6.07, 6.45) is 2.11. The monoisotopic (exact) mass is 755 g/mol. The Morgan fingerprint density at radius 1 is 0.612 bits per heavy atom. The van der Waals surface area contributed by atoms with E-state index in [2.05, 4.69) is 98.0 Å². The van der Waals surface area contributed by atoms with Crippen LogP contribution in [0.15, 0.2) is 140 Å². The van der Waals surface area contributed by atoms with E-state index >= 15 is 0 Å². The summed E-state index contributed by atoms with van der Waals surface area (Å²) in [6, 6.07) is 46.7. The van der Waals surface area contributed by atoms with E-state index in [1.807, 2.05) is 89.8 Å². The molecule has 0 spiro atoms. The number of nitrogens with zero attached hydrogens (tertiary/aromatic N) is 1. The van der Waals surface area contributed by atoms with Crippen molar-refractivity contribution in [2.24, 2.45) is 0 Å². The van der Waals surface area contributed by atoms with Crippen LogP contribution in [0, 0.1) is 13.8 Å². The molecule has 1 unspecified atom stereocenters. The van der Waals surface area contributed by atoms with Crippen LogP contribution in [0.1, 0.15) is 62.6 Å². The van der Waals surface area contributed by atoms with Crippen LogP contribution >= 0.6 is 22.6 Å². The van der Waals surface area contributed by atoms with Crippen LogP contribution in [0.5, 0.6) is 23.0 Å². The fourth-order valence-electron chi connectivity index (χ4n) is 6.88. The lowest BCUT2D eigenvalue weighted by Gasteiger charge is -2.40. The number of fused-ring (bicyclic) bond motifs is 1. The minimum Gasteiger partial charge on any atom is -0.457 e. The first-order chi connectivity index (χ1) is 23.9. The first-order valence-electron chi connectivity index (χ1n) is 16.7. The third-order valence-corrected chi connectivity index (χ3v) is 10.3. The van der Waals surface area contributed by atoms with Crippen molar-refractivity contribution in [3.63, 3.8) is 0 Å². The van der Waals surface area contributed by atoms with Crippen LogP contribution in [0.25, 0.3) is 0 Å². The second-order valence-electron chi connectivity index (χ2n) is 12.5. The molecule has 6 aromatic rings. The van der Waals surface area contributed by atoms with Gasteiger partial charge in [0.1, 0.15) is 28.5 Å². The predicted molar refractivity (Wildman–Crippen MR) is 207 cm³/mol. The van der Waals surface area contributed by atoms with E-state index < -0.39 is 5.54 Å². The van der Waals surface area contributed by atoms with Gasteiger partial charge < -0.3 is 9.47 Å². The van der Waals surface area contributed by atoms with Crippen LogP contribution in [0.3, 0.4) is 0 Å². The fraction of sp³-hybridized carbons (Fsp3) is 0.159. The van der Waals surface area contributed by atoms with Gasteiger partial charge in [-0.05, 0) is 126 Å². The van der Waals surface area contributed by atoms with Gasteiger partial charge in [0.25, 0.3) is 5.91 Å². The molecule has 0 N–H and O–H groups in total. The highest BCUT2D eigenvalue weighted by molar-refractivity contribution is 14.1. The molecular weight excluding hydrogens is 717 g/mol. The molecule has 1 atom stereocenters. The second-order valence-corrected chi connectivity index (χ2v) is 13.3. The molecule has 49 heavy (non-hydrogen) atoms. The van der Waals surface area contributed by atoms with Gasteiger partial charge in [0, 0.05) is 15.7 Å². The molecule has 0 saturated heterocycles. The highest BCUT2D eigenvalue weighted by Crippen LogP contribution is 2.51. The Bertz CT molecular complexity index is 2110. The third kappa shape index (κ3) is 6.12. The third-order valence-electron chi connectivity index (χ3n) is 9.44. The zero-order chi connectivity index (χ0) is 34.0. The van der Waals surface area contributed by atoms with Crippen LogP contribution < -0.4 is 14.4 Å². The first kappa shape index (κ1) is 32.7. The molecule has 0 aliphatic carbocycles. The van der Waals surface area contributed by atoms with Crippen molar-refractivity contribution in [2.75, 3.05) is 4.90 Å². The number of hydrogen-bond acceptors (Lipinski definition) is 3. The quantitative estimate of drug-likeness (QED) is 0.103. The van der Waals surface area contributed by atoms with Crippen molar-refractivity contribution in [1.29, 1.82) is 0 Å². The largest absolute Gasteiger partial charge is 0.457 e. The molecule has 1 heterocycles. The average Bonchev–Trinajstić information content (AvgIpc) is 3.40. The summed E-state index contributed by atoms with van der Waals surface area (Å²) in [5.74, 6) is 3.04. The number of rotatable bonds is 10. The Morgan fingerprint density at radius 3 is 1.80 bits per heavy atom. The Hall–Kier alpha value is -4.88. The summed E-state index contributed by atoms with van der Waals surface area (Å²) in [5.41, 5.74) is 8.48. The molecular formula is C44H38INO3. The molecule has 6 aromatic carbocycles. The molecule has 1 amide bonds. The first-order valence-corrected chi connectivity index (χ1v) is 18.3. The van der Waals surface area contributed by atoms with Crippen molar-refractivity contribution in [1.82, 2.24) is 0 Å². The van der Waals surface area contributed by atoms with Crippen molar-refractivity contribution >= 4 is 34.2 Å². The van der Waals surface area contributed by atoms with Crippen molar-refractivity contribution < 1.29 is 14.3 Å². The van der Waals surface area contributed by atoms with Crippen LogP contribution in [-0.4, -0.2) is 5.91 Å². The summed E-state index contributed by atoms with van der Waals surface area (Å²) in [5, 5.41) is 0. The number of benzene rings is 6. The molecule has 0 fully saturated rings. The fourth-order valence-corrected chi connectivity index (χ4v) is 7.62. The summed E-state index contributed by atoms with van der Waals surface area (Å²) >= 11 is 2.42. The maximum absolute atomic E-state index is 14.4. The van der Waals surface area contributed by atoms with Crippen molar-refractivity contribution in [3.8, 4) is 23.0 Å². The van der Waals surface area contributed by atoms with Gasteiger partial charge in [-0.25, -0.2) is 0 Å². The lowest BCUT2D eigenvalue weighted by molar-refractivity contribution is 0.0986. The number of alkyl halides is 1. The van der Waals surface area contributed by atoms with Gasteiger partial charge in [-0.1, -0.05) is 109 Å². The van der Waals surface area contributed by atoms with E-state index in [0.717, 1.165) is 62.6 Å². The van der Waals surface area contributed by atoms with E-state index in [1.54, 1.807) is 0 Å².